The molecule has 0 radical (unpaired) electrons. The van der Waals surface area contributed by atoms with E-state index in [-0.39, 0.29) is 17.6 Å². The van der Waals surface area contributed by atoms with Crippen molar-refractivity contribution in [3.63, 3.8) is 0 Å². The van der Waals surface area contributed by atoms with Crippen LogP contribution in [0.25, 0.3) is 0 Å². The quantitative estimate of drug-likeness (QED) is 0.779. The number of rotatable bonds is 7. The zero-order valence-electron chi connectivity index (χ0n) is 15.2. The summed E-state index contributed by atoms with van der Waals surface area (Å²) >= 11 is 0. The third-order valence-corrected chi connectivity index (χ3v) is 5.18. The normalized spacial score (nSPS) is 21.3. The van der Waals surface area contributed by atoms with Crippen molar-refractivity contribution in [3.8, 4) is 5.75 Å². The molecule has 24 heavy (non-hydrogen) atoms. The second-order valence-electron chi connectivity index (χ2n) is 7.43. The molecule has 0 bridgehead atoms. The number of para-hydroxylation sites is 1. The van der Waals surface area contributed by atoms with Gasteiger partial charge in [0.1, 0.15) is 5.75 Å². The Kier molecular flexibility index (Phi) is 5.61. The van der Waals surface area contributed by atoms with Gasteiger partial charge in [0.05, 0.1) is 17.8 Å². The van der Waals surface area contributed by atoms with Gasteiger partial charge in [0, 0.05) is 11.7 Å². The Labute approximate surface area is 145 Å². The average molecular weight is 333 g/mol. The molecule has 1 heterocycles. The van der Waals surface area contributed by atoms with Gasteiger partial charge in [-0.3, -0.25) is 4.79 Å². The van der Waals surface area contributed by atoms with Gasteiger partial charge in [-0.1, -0.05) is 25.1 Å². The number of amides is 1. The Hall–Kier alpha value is -1.53. The van der Waals surface area contributed by atoms with E-state index < -0.39 is 18.3 Å². The molecule has 2 atom stereocenters. The predicted octanol–water partition coefficient (Wildman–Crippen LogP) is 3.04. The molecule has 1 aromatic carbocycles. The number of hydrogen-bond donors (Lipinski definition) is 1. The summed E-state index contributed by atoms with van der Waals surface area (Å²) in [7, 11) is -0.475. The van der Waals surface area contributed by atoms with Crippen LogP contribution in [0.1, 0.15) is 41.0 Å². The average Bonchev–Trinajstić information content (AvgIpc) is 2.72. The van der Waals surface area contributed by atoms with Crippen molar-refractivity contribution in [2.24, 2.45) is 11.7 Å². The van der Waals surface area contributed by atoms with Gasteiger partial charge in [-0.05, 0) is 46.2 Å². The molecule has 1 amide bonds. The molecule has 1 unspecified atom stereocenters. The lowest BCUT2D eigenvalue weighted by Gasteiger charge is -2.32. The Bertz CT molecular complexity index is 545. The first-order valence-electron chi connectivity index (χ1n) is 8.47. The van der Waals surface area contributed by atoms with E-state index in [0.29, 0.717) is 13.0 Å². The van der Waals surface area contributed by atoms with Gasteiger partial charge in [0.2, 0.25) is 5.91 Å². The molecule has 0 aliphatic carbocycles. The van der Waals surface area contributed by atoms with Crippen molar-refractivity contribution in [3.05, 3.63) is 30.3 Å². The van der Waals surface area contributed by atoms with Crippen LogP contribution in [0, 0.1) is 5.92 Å². The summed E-state index contributed by atoms with van der Waals surface area (Å²) in [5, 5.41) is 0. The van der Waals surface area contributed by atoms with Crippen LogP contribution < -0.4 is 10.5 Å². The van der Waals surface area contributed by atoms with E-state index in [1.165, 1.54) is 0 Å². The maximum atomic E-state index is 11.7. The number of primary amides is 1. The topological polar surface area (TPSA) is 70.8 Å². The van der Waals surface area contributed by atoms with Gasteiger partial charge in [-0.2, -0.15) is 0 Å². The van der Waals surface area contributed by atoms with Gasteiger partial charge < -0.3 is 19.8 Å². The fraction of sp³-hybridized carbons (Fsp3) is 0.611. The van der Waals surface area contributed by atoms with Crippen LogP contribution in [0.2, 0.25) is 5.82 Å². The minimum Gasteiger partial charge on any atom is -0.494 e. The van der Waals surface area contributed by atoms with E-state index >= 15 is 0 Å². The summed E-state index contributed by atoms with van der Waals surface area (Å²) in [5.41, 5.74) is 4.66. The second kappa shape index (κ2) is 7.15. The van der Waals surface area contributed by atoms with Crippen molar-refractivity contribution < 1.29 is 18.8 Å². The SMILES string of the molecule is CC(C(N)=O)[C@@H](CCOc1ccccc1)B1OC(C)(C)C(C)(C)O1. The van der Waals surface area contributed by atoms with Crippen LogP contribution in [-0.2, 0) is 14.1 Å². The highest BCUT2D eigenvalue weighted by molar-refractivity contribution is 6.48. The Morgan fingerprint density at radius 2 is 1.71 bits per heavy atom. The molecule has 1 saturated heterocycles. The molecule has 1 fully saturated rings. The highest BCUT2D eigenvalue weighted by Gasteiger charge is 2.54. The van der Waals surface area contributed by atoms with Crippen LogP contribution in [0.4, 0.5) is 0 Å². The van der Waals surface area contributed by atoms with Crippen LogP contribution >= 0.6 is 0 Å². The molecule has 0 spiro atoms. The first kappa shape index (κ1) is 18.8. The number of hydrogen-bond acceptors (Lipinski definition) is 4. The smallest absolute Gasteiger partial charge is 0.462 e. The van der Waals surface area contributed by atoms with Crippen molar-refractivity contribution in [1.29, 1.82) is 0 Å². The van der Waals surface area contributed by atoms with Crippen LogP contribution in [-0.4, -0.2) is 30.8 Å². The minimum atomic E-state index is -0.475. The maximum absolute atomic E-state index is 11.7. The van der Waals surface area contributed by atoms with Crippen LogP contribution in [0.3, 0.4) is 0 Å². The van der Waals surface area contributed by atoms with E-state index in [1.807, 2.05) is 65.0 Å². The number of nitrogens with two attached hydrogens (primary N) is 1. The molecule has 1 aliphatic rings. The van der Waals surface area contributed by atoms with E-state index in [2.05, 4.69) is 0 Å². The largest absolute Gasteiger partial charge is 0.494 e. The molecule has 132 valence electrons. The maximum Gasteiger partial charge on any atom is 0.462 e. The third-order valence-electron chi connectivity index (χ3n) is 5.18. The highest BCUT2D eigenvalue weighted by Crippen LogP contribution is 2.42. The van der Waals surface area contributed by atoms with Gasteiger partial charge in [-0.15, -0.1) is 0 Å². The zero-order chi connectivity index (χ0) is 18.0. The molecule has 0 aromatic heterocycles. The van der Waals surface area contributed by atoms with Crippen molar-refractivity contribution >= 4 is 13.0 Å². The monoisotopic (exact) mass is 333 g/mol. The molecule has 1 aromatic rings. The molecule has 0 saturated carbocycles. The molecular formula is C18H28BNO4. The van der Waals surface area contributed by atoms with Gasteiger partial charge >= 0.3 is 7.12 Å². The lowest BCUT2D eigenvalue weighted by Crippen LogP contribution is -2.41. The lowest BCUT2D eigenvalue weighted by atomic mass is 9.63. The number of benzene rings is 1. The Balaban J connectivity index is 2.04. The predicted molar refractivity (Wildman–Crippen MR) is 94.7 cm³/mol. The summed E-state index contributed by atoms with van der Waals surface area (Å²) in [5.74, 6) is -0.0716. The zero-order valence-corrected chi connectivity index (χ0v) is 15.2. The Morgan fingerprint density at radius 3 is 2.21 bits per heavy atom. The van der Waals surface area contributed by atoms with E-state index in [1.54, 1.807) is 0 Å². The van der Waals surface area contributed by atoms with E-state index in [9.17, 15) is 4.79 Å². The standard InChI is InChI=1S/C18H28BNO4/c1-13(16(20)21)15(11-12-22-14-9-7-6-8-10-14)19-23-17(2,3)18(4,5)24-19/h6-10,13,15H,11-12H2,1-5H3,(H2,20,21)/t13?,15-/m1/s1. The molecule has 5 nitrogen and oxygen atoms in total. The number of carbonyl (C=O) groups is 1. The first-order chi connectivity index (χ1) is 11.1. The fourth-order valence-electron chi connectivity index (χ4n) is 2.73. The second-order valence-corrected chi connectivity index (χ2v) is 7.43. The number of carbonyl (C=O) groups excluding carboxylic acids is 1. The third kappa shape index (κ3) is 4.11. The molecule has 1 aliphatic heterocycles. The lowest BCUT2D eigenvalue weighted by molar-refractivity contribution is -0.121. The van der Waals surface area contributed by atoms with Crippen molar-refractivity contribution in [2.75, 3.05) is 6.61 Å². The summed E-state index contributed by atoms with van der Waals surface area (Å²) in [6, 6.07) is 9.60. The Morgan fingerprint density at radius 1 is 1.17 bits per heavy atom. The molecule has 2 rings (SSSR count). The summed E-state index contributed by atoms with van der Waals surface area (Å²) in [4.78, 5) is 11.7. The van der Waals surface area contributed by atoms with Gasteiger partial charge in [0.15, 0.2) is 0 Å². The highest BCUT2D eigenvalue weighted by atomic mass is 16.7. The minimum absolute atomic E-state index is 0.160. The summed E-state index contributed by atoms with van der Waals surface area (Å²) in [6.07, 6.45) is 0.621. The number of ether oxygens (including phenoxy) is 1. The first-order valence-corrected chi connectivity index (χ1v) is 8.47. The fourth-order valence-corrected chi connectivity index (χ4v) is 2.73. The van der Waals surface area contributed by atoms with Crippen molar-refractivity contribution in [1.82, 2.24) is 0 Å². The molecular weight excluding hydrogens is 305 g/mol. The summed E-state index contributed by atoms with van der Waals surface area (Å²) < 4.78 is 18.0. The van der Waals surface area contributed by atoms with Crippen LogP contribution in [0.5, 0.6) is 5.75 Å². The van der Waals surface area contributed by atoms with Crippen molar-refractivity contribution in [2.45, 2.75) is 58.1 Å². The van der Waals surface area contributed by atoms with E-state index in [4.69, 9.17) is 19.8 Å². The molecule has 6 heteroatoms. The molecule has 2 N–H and O–H groups in total. The summed E-state index contributed by atoms with van der Waals surface area (Å²) in [6.45, 7) is 10.3. The van der Waals surface area contributed by atoms with Gasteiger partial charge in [-0.25, -0.2) is 0 Å². The van der Waals surface area contributed by atoms with Gasteiger partial charge in [0.25, 0.3) is 0 Å². The van der Waals surface area contributed by atoms with E-state index in [0.717, 1.165) is 5.75 Å². The van der Waals surface area contributed by atoms with Crippen LogP contribution in [0.15, 0.2) is 30.3 Å².